The molecule has 0 fully saturated rings. The minimum absolute atomic E-state index is 0.248. The van der Waals surface area contributed by atoms with Crippen LogP contribution < -0.4 is 5.32 Å². The highest BCUT2D eigenvalue weighted by molar-refractivity contribution is 5.76. The van der Waals surface area contributed by atoms with Crippen LogP contribution >= 0.6 is 0 Å². The predicted octanol–water partition coefficient (Wildman–Crippen LogP) is 2.37. The van der Waals surface area contributed by atoms with Crippen molar-refractivity contribution < 1.29 is 0 Å². The van der Waals surface area contributed by atoms with Crippen LogP contribution in [0.3, 0.4) is 0 Å². The standard InChI is InChI=1S/C13H12N2/c1-14-12-10-6-3-2-5-9(10)11-7-4-8-15-13(11)12/h2-8,12,14H,1H3. The molecule has 1 N–H and O–H groups in total. The third-order valence-electron chi connectivity index (χ3n) is 2.96. The third-order valence-corrected chi connectivity index (χ3v) is 2.96. The van der Waals surface area contributed by atoms with E-state index in [0.717, 1.165) is 5.69 Å². The van der Waals surface area contributed by atoms with Crippen LogP contribution in [-0.2, 0) is 0 Å². The van der Waals surface area contributed by atoms with Gasteiger partial charge >= 0.3 is 0 Å². The van der Waals surface area contributed by atoms with E-state index in [0.29, 0.717) is 0 Å². The Morgan fingerprint density at radius 2 is 1.87 bits per heavy atom. The Morgan fingerprint density at radius 3 is 2.73 bits per heavy atom. The number of hydrogen-bond donors (Lipinski definition) is 1. The molecule has 15 heavy (non-hydrogen) atoms. The van der Waals surface area contributed by atoms with Crippen molar-refractivity contribution in [2.75, 3.05) is 7.05 Å². The molecule has 1 unspecified atom stereocenters. The summed E-state index contributed by atoms with van der Waals surface area (Å²) in [4.78, 5) is 4.46. The highest BCUT2D eigenvalue weighted by Crippen LogP contribution is 2.41. The summed E-state index contributed by atoms with van der Waals surface area (Å²) in [6.45, 7) is 0. The van der Waals surface area contributed by atoms with Crippen LogP contribution in [0, 0.1) is 0 Å². The molecule has 0 bridgehead atoms. The first-order chi connectivity index (χ1) is 7.42. The summed E-state index contributed by atoms with van der Waals surface area (Å²) in [5.74, 6) is 0. The summed E-state index contributed by atoms with van der Waals surface area (Å²) in [7, 11) is 1.98. The number of nitrogens with one attached hydrogen (secondary N) is 1. The van der Waals surface area contributed by atoms with E-state index in [1.807, 2.05) is 19.3 Å². The third kappa shape index (κ3) is 1.12. The van der Waals surface area contributed by atoms with Gasteiger partial charge in [0.05, 0.1) is 11.7 Å². The average Bonchev–Trinajstić information content (AvgIpc) is 2.63. The lowest BCUT2D eigenvalue weighted by atomic mass is 10.1. The van der Waals surface area contributed by atoms with E-state index in [-0.39, 0.29) is 6.04 Å². The molecule has 1 atom stereocenters. The van der Waals surface area contributed by atoms with Crippen LogP contribution in [0.25, 0.3) is 11.1 Å². The molecule has 1 aromatic heterocycles. The average molecular weight is 196 g/mol. The van der Waals surface area contributed by atoms with Gasteiger partial charge in [0.2, 0.25) is 0 Å². The molecule has 1 heterocycles. The summed E-state index contributed by atoms with van der Waals surface area (Å²) < 4.78 is 0. The molecular formula is C13H12N2. The van der Waals surface area contributed by atoms with Crippen molar-refractivity contribution in [3.8, 4) is 11.1 Å². The zero-order valence-electron chi connectivity index (χ0n) is 8.57. The van der Waals surface area contributed by atoms with E-state index in [1.54, 1.807) is 0 Å². The molecule has 0 saturated carbocycles. The maximum Gasteiger partial charge on any atom is 0.0761 e. The van der Waals surface area contributed by atoms with Gasteiger partial charge in [0.25, 0.3) is 0 Å². The predicted molar refractivity (Wildman–Crippen MR) is 60.6 cm³/mol. The summed E-state index contributed by atoms with van der Waals surface area (Å²) in [5, 5.41) is 3.31. The van der Waals surface area contributed by atoms with E-state index < -0.39 is 0 Å². The summed E-state index contributed by atoms with van der Waals surface area (Å²) in [5.41, 5.74) is 5.03. The van der Waals surface area contributed by atoms with E-state index in [2.05, 4.69) is 40.6 Å². The first-order valence-electron chi connectivity index (χ1n) is 5.13. The second-order valence-corrected chi connectivity index (χ2v) is 3.75. The maximum atomic E-state index is 4.46. The molecule has 0 radical (unpaired) electrons. The second-order valence-electron chi connectivity index (χ2n) is 3.75. The molecule has 3 rings (SSSR count). The normalized spacial score (nSPS) is 17.3. The van der Waals surface area contributed by atoms with Crippen LogP contribution in [0.2, 0.25) is 0 Å². The number of pyridine rings is 1. The van der Waals surface area contributed by atoms with Gasteiger partial charge in [0, 0.05) is 11.8 Å². The minimum atomic E-state index is 0.248. The smallest absolute Gasteiger partial charge is 0.0761 e. The number of fused-ring (bicyclic) bond motifs is 3. The molecule has 74 valence electrons. The first-order valence-corrected chi connectivity index (χ1v) is 5.13. The zero-order valence-corrected chi connectivity index (χ0v) is 8.57. The van der Waals surface area contributed by atoms with Gasteiger partial charge in [-0.3, -0.25) is 4.98 Å². The zero-order chi connectivity index (χ0) is 10.3. The van der Waals surface area contributed by atoms with E-state index in [9.17, 15) is 0 Å². The largest absolute Gasteiger partial charge is 0.308 e. The Labute approximate surface area is 89.0 Å². The number of benzene rings is 1. The fraction of sp³-hybridized carbons (Fsp3) is 0.154. The quantitative estimate of drug-likeness (QED) is 0.757. The Hall–Kier alpha value is -1.67. The molecule has 0 spiro atoms. The van der Waals surface area contributed by atoms with Gasteiger partial charge in [0.15, 0.2) is 0 Å². The van der Waals surface area contributed by atoms with Crippen molar-refractivity contribution in [1.82, 2.24) is 10.3 Å². The molecule has 1 aromatic carbocycles. The molecular weight excluding hydrogens is 184 g/mol. The Morgan fingerprint density at radius 1 is 1.07 bits per heavy atom. The maximum absolute atomic E-state index is 4.46. The lowest BCUT2D eigenvalue weighted by molar-refractivity contribution is 0.688. The first kappa shape index (κ1) is 8.62. The van der Waals surface area contributed by atoms with Crippen LogP contribution in [0.4, 0.5) is 0 Å². The minimum Gasteiger partial charge on any atom is -0.308 e. The van der Waals surface area contributed by atoms with Gasteiger partial charge in [0.1, 0.15) is 0 Å². The second kappa shape index (κ2) is 3.17. The van der Waals surface area contributed by atoms with Gasteiger partial charge in [-0.05, 0) is 24.2 Å². The molecule has 2 heteroatoms. The molecule has 1 aliphatic rings. The molecule has 0 saturated heterocycles. The molecule has 0 aliphatic heterocycles. The lowest BCUT2D eigenvalue weighted by Gasteiger charge is -2.10. The van der Waals surface area contributed by atoms with Crippen molar-refractivity contribution in [1.29, 1.82) is 0 Å². The summed E-state index contributed by atoms with van der Waals surface area (Å²) >= 11 is 0. The number of aromatic nitrogens is 1. The van der Waals surface area contributed by atoms with Crippen LogP contribution in [0.15, 0.2) is 42.6 Å². The van der Waals surface area contributed by atoms with Crippen molar-refractivity contribution in [3.63, 3.8) is 0 Å². The highest BCUT2D eigenvalue weighted by Gasteiger charge is 2.27. The summed E-state index contributed by atoms with van der Waals surface area (Å²) in [6, 6.07) is 12.9. The van der Waals surface area contributed by atoms with Crippen molar-refractivity contribution in [2.45, 2.75) is 6.04 Å². The monoisotopic (exact) mass is 196 g/mol. The Balaban J connectivity index is 2.31. The Kier molecular flexibility index (Phi) is 1.82. The number of rotatable bonds is 1. The van der Waals surface area contributed by atoms with Crippen molar-refractivity contribution >= 4 is 0 Å². The van der Waals surface area contributed by atoms with Crippen molar-refractivity contribution in [3.05, 3.63) is 53.9 Å². The van der Waals surface area contributed by atoms with E-state index in [1.165, 1.54) is 16.7 Å². The van der Waals surface area contributed by atoms with Gasteiger partial charge in [-0.15, -0.1) is 0 Å². The SMILES string of the molecule is CNC1c2ccccc2-c2cccnc21. The molecule has 0 amide bonds. The fourth-order valence-electron chi connectivity index (χ4n) is 2.31. The number of nitrogens with zero attached hydrogens (tertiary/aromatic N) is 1. The fourth-order valence-corrected chi connectivity index (χ4v) is 2.31. The molecule has 1 aliphatic carbocycles. The van der Waals surface area contributed by atoms with E-state index >= 15 is 0 Å². The van der Waals surface area contributed by atoms with Crippen LogP contribution in [0.1, 0.15) is 17.3 Å². The van der Waals surface area contributed by atoms with Gasteiger partial charge in [-0.25, -0.2) is 0 Å². The number of hydrogen-bond acceptors (Lipinski definition) is 2. The summed E-state index contributed by atoms with van der Waals surface area (Å²) in [6.07, 6.45) is 1.86. The van der Waals surface area contributed by atoms with Crippen molar-refractivity contribution in [2.24, 2.45) is 0 Å². The molecule has 2 aromatic rings. The molecule has 2 nitrogen and oxygen atoms in total. The Bertz CT molecular complexity index is 460. The van der Waals surface area contributed by atoms with Gasteiger partial charge in [-0.1, -0.05) is 30.3 Å². The van der Waals surface area contributed by atoms with Crippen LogP contribution in [-0.4, -0.2) is 12.0 Å². The lowest BCUT2D eigenvalue weighted by Crippen LogP contribution is -2.15. The van der Waals surface area contributed by atoms with E-state index in [4.69, 9.17) is 0 Å². The van der Waals surface area contributed by atoms with Gasteiger partial charge in [-0.2, -0.15) is 0 Å². The highest BCUT2D eigenvalue weighted by atomic mass is 14.9. The van der Waals surface area contributed by atoms with Crippen LogP contribution in [0.5, 0.6) is 0 Å². The van der Waals surface area contributed by atoms with Gasteiger partial charge < -0.3 is 5.32 Å². The topological polar surface area (TPSA) is 24.9 Å².